The van der Waals surface area contributed by atoms with Crippen LogP contribution < -0.4 is 10.1 Å². The van der Waals surface area contributed by atoms with Crippen molar-refractivity contribution in [2.45, 2.75) is 43.8 Å². The minimum Gasteiger partial charge on any atom is -0.496 e. The molecule has 0 radical (unpaired) electrons. The third kappa shape index (κ3) is 3.93. The van der Waals surface area contributed by atoms with Crippen molar-refractivity contribution in [3.63, 3.8) is 0 Å². The standard InChI is InChI=1S/C20H31N3O3S/c1-5-21-18(23-12-13-27(24,25)19(2,3)15-23)22-14-20(10-11-20)16-8-6-7-9-17(16)26-4/h6-9H,5,10-15H2,1-4H3,(H,21,22). The summed E-state index contributed by atoms with van der Waals surface area (Å²) in [6.07, 6.45) is 2.19. The van der Waals surface area contributed by atoms with Crippen molar-refractivity contribution < 1.29 is 13.2 Å². The van der Waals surface area contributed by atoms with Crippen LogP contribution in [0.2, 0.25) is 0 Å². The topological polar surface area (TPSA) is 71.0 Å². The number of methoxy groups -OCH3 is 1. The summed E-state index contributed by atoms with van der Waals surface area (Å²) < 4.78 is 29.4. The molecule has 0 bridgehead atoms. The third-order valence-corrected chi connectivity index (χ3v) is 8.27. The number of nitrogens with zero attached hydrogens (tertiary/aromatic N) is 2. The molecule has 0 spiro atoms. The van der Waals surface area contributed by atoms with Gasteiger partial charge in [-0.15, -0.1) is 0 Å². The Labute approximate surface area is 162 Å². The number of hydrogen-bond donors (Lipinski definition) is 1. The molecule has 7 heteroatoms. The fourth-order valence-electron chi connectivity index (χ4n) is 3.72. The zero-order valence-electron chi connectivity index (χ0n) is 16.8. The molecule has 1 aliphatic carbocycles. The Bertz CT molecular complexity index is 814. The van der Waals surface area contributed by atoms with E-state index in [1.165, 1.54) is 5.56 Å². The van der Waals surface area contributed by atoms with Crippen LogP contribution in [-0.4, -0.2) is 63.1 Å². The van der Waals surface area contributed by atoms with Gasteiger partial charge in [0.25, 0.3) is 0 Å². The van der Waals surface area contributed by atoms with Gasteiger partial charge in [-0.3, -0.25) is 4.99 Å². The van der Waals surface area contributed by atoms with Crippen LogP contribution in [0, 0.1) is 0 Å². The fourth-order valence-corrected chi connectivity index (χ4v) is 5.09. The molecule has 1 saturated heterocycles. The van der Waals surface area contributed by atoms with Gasteiger partial charge in [-0.25, -0.2) is 8.42 Å². The lowest BCUT2D eigenvalue weighted by atomic mass is 9.95. The molecule has 1 saturated carbocycles. The predicted octanol–water partition coefficient (Wildman–Crippen LogP) is 2.20. The van der Waals surface area contributed by atoms with E-state index in [1.54, 1.807) is 21.0 Å². The Hall–Kier alpha value is -1.76. The average molecular weight is 394 g/mol. The molecule has 0 amide bonds. The smallest absolute Gasteiger partial charge is 0.194 e. The number of aliphatic imine (C=N–C) groups is 1. The first-order valence-corrected chi connectivity index (χ1v) is 11.3. The molecule has 0 atom stereocenters. The van der Waals surface area contributed by atoms with Crippen LogP contribution >= 0.6 is 0 Å². The minimum absolute atomic E-state index is 0.0324. The summed E-state index contributed by atoms with van der Waals surface area (Å²) in [5.41, 5.74) is 1.25. The van der Waals surface area contributed by atoms with Crippen LogP contribution in [-0.2, 0) is 15.3 Å². The third-order valence-electron chi connectivity index (χ3n) is 5.74. The molecule has 3 rings (SSSR count). The van der Waals surface area contributed by atoms with Gasteiger partial charge in [0, 0.05) is 30.6 Å². The lowest BCUT2D eigenvalue weighted by Crippen LogP contribution is -2.57. The van der Waals surface area contributed by atoms with E-state index in [0.29, 0.717) is 19.6 Å². The van der Waals surface area contributed by atoms with Gasteiger partial charge >= 0.3 is 0 Å². The number of ether oxygens (including phenoxy) is 1. The van der Waals surface area contributed by atoms with Gasteiger partial charge in [0.2, 0.25) is 0 Å². The molecular formula is C20H31N3O3S. The Morgan fingerprint density at radius 2 is 2.00 bits per heavy atom. The monoisotopic (exact) mass is 393 g/mol. The molecule has 1 aromatic rings. The van der Waals surface area contributed by atoms with Gasteiger partial charge in [-0.2, -0.15) is 0 Å². The fraction of sp³-hybridized carbons (Fsp3) is 0.650. The summed E-state index contributed by atoms with van der Waals surface area (Å²) >= 11 is 0. The molecule has 0 unspecified atom stereocenters. The number of sulfone groups is 1. The quantitative estimate of drug-likeness (QED) is 0.613. The van der Waals surface area contributed by atoms with Crippen molar-refractivity contribution in [3.05, 3.63) is 29.8 Å². The number of guanidine groups is 1. The van der Waals surface area contributed by atoms with E-state index in [2.05, 4.69) is 16.3 Å². The maximum absolute atomic E-state index is 12.3. The maximum atomic E-state index is 12.3. The number of nitrogens with one attached hydrogen (secondary N) is 1. The molecule has 1 heterocycles. The minimum atomic E-state index is -3.07. The second-order valence-electron chi connectivity index (χ2n) is 8.15. The maximum Gasteiger partial charge on any atom is 0.194 e. The average Bonchev–Trinajstić information content (AvgIpc) is 3.42. The van der Waals surface area contributed by atoms with Gasteiger partial charge in [-0.05, 0) is 39.7 Å². The summed E-state index contributed by atoms with van der Waals surface area (Å²) in [5, 5.41) is 3.35. The van der Waals surface area contributed by atoms with E-state index in [1.807, 2.05) is 25.1 Å². The van der Waals surface area contributed by atoms with Crippen LogP contribution in [0.1, 0.15) is 39.2 Å². The van der Waals surface area contributed by atoms with Crippen LogP contribution in [0.4, 0.5) is 0 Å². The van der Waals surface area contributed by atoms with Crippen molar-refractivity contribution in [1.29, 1.82) is 0 Å². The van der Waals surface area contributed by atoms with Crippen molar-refractivity contribution in [2.75, 3.05) is 39.0 Å². The van der Waals surface area contributed by atoms with Crippen LogP contribution in [0.5, 0.6) is 5.75 Å². The lowest BCUT2D eigenvalue weighted by Gasteiger charge is -2.39. The van der Waals surface area contributed by atoms with Crippen molar-refractivity contribution >= 4 is 15.8 Å². The highest BCUT2D eigenvalue weighted by Gasteiger charge is 2.46. The second-order valence-corrected chi connectivity index (χ2v) is 10.9. The number of hydrogen-bond acceptors (Lipinski definition) is 4. The van der Waals surface area contributed by atoms with Gasteiger partial charge < -0.3 is 15.0 Å². The molecule has 150 valence electrons. The van der Waals surface area contributed by atoms with Crippen LogP contribution in [0.15, 0.2) is 29.3 Å². The number of para-hydroxylation sites is 1. The molecule has 6 nitrogen and oxygen atoms in total. The Balaban J connectivity index is 1.81. The lowest BCUT2D eigenvalue weighted by molar-refractivity contribution is 0.352. The first kappa shape index (κ1) is 20.0. The molecule has 27 heavy (non-hydrogen) atoms. The first-order chi connectivity index (χ1) is 12.7. The van der Waals surface area contributed by atoms with E-state index < -0.39 is 14.6 Å². The first-order valence-electron chi connectivity index (χ1n) is 9.64. The SMILES string of the molecule is CCNC(=NCC1(c2ccccc2OC)CC1)N1CCS(=O)(=O)C(C)(C)C1. The summed E-state index contributed by atoms with van der Waals surface area (Å²) in [4.78, 5) is 7.00. The summed E-state index contributed by atoms with van der Waals surface area (Å²) in [6, 6.07) is 8.17. The Morgan fingerprint density at radius 1 is 1.30 bits per heavy atom. The van der Waals surface area contributed by atoms with Gasteiger partial charge in [0.05, 0.1) is 24.2 Å². The highest BCUT2D eigenvalue weighted by molar-refractivity contribution is 7.92. The van der Waals surface area contributed by atoms with Gasteiger partial charge in [0.15, 0.2) is 15.8 Å². The molecule has 1 N–H and O–H groups in total. The summed E-state index contributed by atoms with van der Waals surface area (Å²) in [7, 11) is -1.36. The van der Waals surface area contributed by atoms with Crippen LogP contribution in [0.25, 0.3) is 0 Å². The Kier molecular flexibility index (Phi) is 5.43. The molecule has 1 aromatic carbocycles. The highest BCUT2D eigenvalue weighted by Crippen LogP contribution is 2.51. The molecule has 0 aromatic heterocycles. The predicted molar refractivity (Wildman–Crippen MR) is 109 cm³/mol. The van der Waals surface area contributed by atoms with E-state index in [0.717, 1.165) is 31.1 Å². The van der Waals surface area contributed by atoms with Crippen molar-refractivity contribution in [2.24, 2.45) is 4.99 Å². The molecular weight excluding hydrogens is 362 g/mol. The second kappa shape index (κ2) is 7.34. The van der Waals surface area contributed by atoms with Crippen molar-refractivity contribution in [3.8, 4) is 5.75 Å². The molecule has 2 fully saturated rings. The largest absolute Gasteiger partial charge is 0.496 e. The van der Waals surface area contributed by atoms with Gasteiger partial charge in [-0.1, -0.05) is 18.2 Å². The van der Waals surface area contributed by atoms with Gasteiger partial charge in [0.1, 0.15) is 5.75 Å². The molecule has 2 aliphatic rings. The summed E-state index contributed by atoms with van der Waals surface area (Å²) in [6.45, 7) is 8.02. The van der Waals surface area contributed by atoms with E-state index in [4.69, 9.17) is 9.73 Å². The zero-order chi connectivity index (χ0) is 19.7. The number of rotatable bonds is 5. The van der Waals surface area contributed by atoms with E-state index in [-0.39, 0.29) is 11.2 Å². The normalized spacial score (nSPS) is 23.0. The number of benzene rings is 1. The highest BCUT2D eigenvalue weighted by atomic mass is 32.2. The van der Waals surface area contributed by atoms with Crippen LogP contribution in [0.3, 0.4) is 0 Å². The van der Waals surface area contributed by atoms with E-state index in [9.17, 15) is 8.42 Å². The summed E-state index contributed by atoms with van der Waals surface area (Å²) in [5.74, 6) is 1.89. The van der Waals surface area contributed by atoms with E-state index >= 15 is 0 Å². The molecule has 1 aliphatic heterocycles. The zero-order valence-corrected chi connectivity index (χ0v) is 17.6. The Morgan fingerprint density at radius 3 is 2.59 bits per heavy atom. The van der Waals surface area contributed by atoms with Crippen molar-refractivity contribution in [1.82, 2.24) is 10.2 Å².